The van der Waals surface area contributed by atoms with Gasteiger partial charge in [-0.25, -0.2) is 0 Å². The van der Waals surface area contributed by atoms with E-state index in [-0.39, 0.29) is 17.7 Å². The highest BCUT2D eigenvalue weighted by molar-refractivity contribution is 5.88. The Hall–Kier alpha value is -4.16. The summed E-state index contributed by atoms with van der Waals surface area (Å²) in [6.45, 7) is 5.72. The number of methoxy groups -OCH3 is 1. The highest BCUT2D eigenvalue weighted by atomic mass is 16.5. The van der Waals surface area contributed by atoms with Gasteiger partial charge in [0.05, 0.1) is 26.2 Å². The summed E-state index contributed by atoms with van der Waals surface area (Å²) < 4.78 is 10.9. The van der Waals surface area contributed by atoms with Crippen LogP contribution in [0.5, 0.6) is 5.75 Å². The molecule has 0 radical (unpaired) electrons. The molecule has 0 saturated heterocycles. The summed E-state index contributed by atoms with van der Waals surface area (Å²) in [5, 5.41) is 7.95. The Kier molecular flexibility index (Phi) is 20.7. The third kappa shape index (κ3) is 17.4. The van der Waals surface area contributed by atoms with Crippen molar-refractivity contribution in [2.24, 2.45) is 0 Å². The molecule has 2 rings (SSSR count). The normalized spacial score (nSPS) is 12.9. The van der Waals surface area contributed by atoms with Crippen molar-refractivity contribution in [2.45, 2.75) is 71.1 Å². The van der Waals surface area contributed by atoms with Gasteiger partial charge in [0.25, 0.3) is 0 Å². The number of carbonyl (C=O) groups is 2. The number of rotatable bonds is 23. The summed E-state index contributed by atoms with van der Waals surface area (Å²) in [6, 6.07) is 11.9. The number of carbonyl (C=O) groups excluding carboxylic acids is 2. The first kappa shape index (κ1) is 38.0. The molecule has 0 aromatic heterocycles. The van der Waals surface area contributed by atoms with Gasteiger partial charge >= 0.3 is 0 Å². The van der Waals surface area contributed by atoms with Crippen molar-refractivity contribution in [1.82, 2.24) is 10.6 Å². The molecule has 1 atom stereocenters. The number of benzene rings is 2. The van der Waals surface area contributed by atoms with Crippen LogP contribution in [0.1, 0.15) is 76.7 Å². The van der Waals surface area contributed by atoms with Crippen LogP contribution in [0.3, 0.4) is 0 Å². The van der Waals surface area contributed by atoms with Gasteiger partial charge in [-0.15, -0.1) is 0 Å². The summed E-state index contributed by atoms with van der Waals surface area (Å²) in [5.41, 5.74) is 0.961. The first-order valence-corrected chi connectivity index (χ1v) is 16.6. The van der Waals surface area contributed by atoms with Gasteiger partial charge in [0.2, 0.25) is 11.8 Å². The summed E-state index contributed by atoms with van der Waals surface area (Å²) in [7, 11) is 1.65. The molecule has 0 fully saturated rings. The Morgan fingerprint density at radius 1 is 0.696 bits per heavy atom. The molecule has 46 heavy (non-hydrogen) atoms. The van der Waals surface area contributed by atoms with Gasteiger partial charge in [0, 0.05) is 19.5 Å². The quantitative estimate of drug-likeness (QED) is 0.0956. The van der Waals surface area contributed by atoms with E-state index in [1.165, 1.54) is 0 Å². The maximum atomic E-state index is 12.6. The van der Waals surface area contributed by atoms with Gasteiger partial charge in [-0.2, -0.15) is 0 Å². The van der Waals surface area contributed by atoms with Crippen LogP contribution in [0.15, 0.2) is 109 Å². The van der Waals surface area contributed by atoms with E-state index in [1.54, 1.807) is 7.11 Å². The Bertz CT molecular complexity index is 1340. The Morgan fingerprint density at radius 2 is 1.22 bits per heavy atom. The molecule has 0 bridgehead atoms. The van der Waals surface area contributed by atoms with Crippen molar-refractivity contribution in [3.63, 3.8) is 0 Å². The molecule has 0 aliphatic carbocycles. The number of amides is 2. The number of nitrogens with one attached hydrogen (secondary N) is 2. The summed E-state index contributed by atoms with van der Waals surface area (Å²) in [4.78, 5) is 24.6. The highest BCUT2D eigenvalue weighted by Crippen LogP contribution is 2.25. The molecule has 2 N–H and O–H groups in total. The minimum absolute atomic E-state index is 0.0130. The lowest BCUT2D eigenvalue weighted by atomic mass is 9.97. The maximum absolute atomic E-state index is 12.6. The largest absolute Gasteiger partial charge is 0.497 e. The SMILES string of the molecule is CC/C=C\C/C=C\C/C=C\C/C=C\C/C=C\C/C=C\CCC(=O)NCCOCCNC(=O)[C@@H](C)c1ccc2cc(OC)ccc2c1. The molecule has 0 aliphatic heterocycles. The Labute approximate surface area is 277 Å². The zero-order valence-electron chi connectivity index (χ0n) is 28.1. The summed E-state index contributed by atoms with van der Waals surface area (Å²) >= 11 is 0. The zero-order chi connectivity index (χ0) is 33.1. The first-order chi connectivity index (χ1) is 22.5. The molecule has 2 aromatic carbocycles. The zero-order valence-corrected chi connectivity index (χ0v) is 28.1. The van der Waals surface area contributed by atoms with Gasteiger partial charge < -0.3 is 20.1 Å². The van der Waals surface area contributed by atoms with E-state index < -0.39 is 0 Å². The number of allylic oxidation sites excluding steroid dienone is 12. The second-order valence-electron chi connectivity index (χ2n) is 10.9. The summed E-state index contributed by atoms with van der Waals surface area (Å²) in [5.74, 6) is 0.511. The van der Waals surface area contributed by atoms with Crippen molar-refractivity contribution in [1.29, 1.82) is 0 Å². The second-order valence-corrected chi connectivity index (χ2v) is 10.9. The summed E-state index contributed by atoms with van der Waals surface area (Å²) in [6.07, 6.45) is 33.1. The van der Waals surface area contributed by atoms with E-state index in [9.17, 15) is 9.59 Å². The third-order valence-electron chi connectivity index (χ3n) is 7.21. The molecule has 0 heterocycles. The van der Waals surface area contributed by atoms with E-state index in [0.717, 1.165) is 60.6 Å². The van der Waals surface area contributed by atoms with E-state index in [1.807, 2.05) is 49.4 Å². The molecule has 248 valence electrons. The predicted molar refractivity (Wildman–Crippen MR) is 193 cm³/mol. The molecular weight excluding hydrogens is 572 g/mol. The van der Waals surface area contributed by atoms with Crippen LogP contribution in [-0.2, 0) is 14.3 Å². The minimum atomic E-state index is -0.271. The van der Waals surface area contributed by atoms with Crippen molar-refractivity contribution in [3.05, 3.63) is 115 Å². The Balaban J connectivity index is 1.43. The average Bonchev–Trinajstić information content (AvgIpc) is 3.07. The van der Waals surface area contributed by atoms with E-state index in [2.05, 4.69) is 84.4 Å². The number of hydrogen-bond acceptors (Lipinski definition) is 4. The molecule has 6 nitrogen and oxygen atoms in total. The lowest BCUT2D eigenvalue weighted by Crippen LogP contribution is -2.32. The van der Waals surface area contributed by atoms with Gasteiger partial charge in [0.15, 0.2) is 0 Å². The average molecular weight is 627 g/mol. The van der Waals surface area contributed by atoms with Gasteiger partial charge in [0.1, 0.15) is 5.75 Å². The fourth-order valence-electron chi connectivity index (χ4n) is 4.50. The smallest absolute Gasteiger partial charge is 0.227 e. The Morgan fingerprint density at radius 3 is 1.80 bits per heavy atom. The van der Waals surface area contributed by atoms with Crippen LogP contribution in [0.2, 0.25) is 0 Å². The lowest BCUT2D eigenvalue weighted by molar-refractivity contribution is -0.122. The minimum Gasteiger partial charge on any atom is -0.497 e. The van der Waals surface area contributed by atoms with Crippen molar-refractivity contribution >= 4 is 22.6 Å². The van der Waals surface area contributed by atoms with Gasteiger partial charge in [-0.1, -0.05) is 104 Å². The molecule has 6 heteroatoms. The van der Waals surface area contributed by atoms with Crippen LogP contribution in [0, 0.1) is 0 Å². The van der Waals surface area contributed by atoms with Crippen LogP contribution in [-0.4, -0.2) is 45.2 Å². The molecule has 2 aromatic rings. The number of fused-ring (bicyclic) bond motifs is 1. The van der Waals surface area contributed by atoms with Crippen molar-refractivity contribution < 1.29 is 19.1 Å². The van der Waals surface area contributed by atoms with Crippen LogP contribution < -0.4 is 15.4 Å². The van der Waals surface area contributed by atoms with Gasteiger partial charge in [-0.05, 0) is 80.3 Å². The molecular formula is C40H54N2O4. The highest BCUT2D eigenvalue weighted by Gasteiger charge is 2.15. The molecule has 0 spiro atoms. The molecule has 2 amide bonds. The third-order valence-corrected chi connectivity index (χ3v) is 7.21. The van der Waals surface area contributed by atoms with Crippen LogP contribution in [0.4, 0.5) is 0 Å². The molecule has 0 saturated carbocycles. The number of hydrogen-bond donors (Lipinski definition) is 2. The standard InChI is InChI=1S/C40H54N2O4/c1-4-5-6-7-8-9-10-11-12-13-14-15-16-17-18-19-20-21-22-23-39(43)41-28-30-46-31-29-42-40(44)34(2)35-24-25-37-33-38(45-3)27-26-36(37)32-35/h5-6,8-9,11-12,14-15,17-18,20-21,24-27,32-34H,4,7,10,13,16,19,22-23,28-31H2,1-3H3,(H,41,43)(H,42,44)/b6-5-,9-8-,12-11-,15-14-,18-17-,21-20-/t34-/m0/s1. The van der Waals surface area contributed by atoms with E-state index in [0.29, 0.717) is 39.1 Å². The fourth-order valence-corrected chi connectivity index (χ4v) is 4.50. The second kappa shape index (κ2) is 25.1. The van der Waals surface area contributed by atoms with E-state index in [4.69, 9.17) is 9.47 Å². The first-order valence-electron chi connectivity index (χ1n) is 16.6. The fraction of sp³-hybridized carbons (Fsp3) is 0.400. The lowest BCUT2D eigenvalue weighted by Gasteiger charge is -2.14. The number of ether oxygens (including phenoxy) is 2. The maximum Gasteiger partial charge on any atom is 0.227 e. The molecule has 0 unspecified atom stereocenters. The van der Waals surface area contributed by atoms with Crippen LogP contribution >= 0.6 is 0 Å². The predicted octanol–water partition coefficient (Wildman–Crippen LogP) is 8.68. The van der Waals surface area contributed by atoms with Gasteiger partial charge in [-0.3, -0.25) is 9.59 Å². The topological polar surface area (TPSA) is 76.7 Å². The van der Waals surface area contributed by atoms with Crippen molar-refractivity contribution in [2.75, 3.05) is 33.4 Å². The molecule has 0 aliphatic rings. The van der Waals surface area contributed by atoms with Crippen molar-refractivity contribution in [3.8, 4) is 5.75 Å². The monoisotopic (exact) mass is 626 g/mol. The van der Waals surface area contributed by atoms with E-state index >= 15 is 0 Å². The van der Waals surface area contributed by atoms with Crippen LogP contribution in [0.25, 0.3) is 10.8 Å².